The molecule has 2 saturated heterocycles. The number of nitrogens with zero attached hydrogens (tertiary/aromatic N) is 3. The maximum Gasteiger partial charge on any atom is 0.323 e. The Morgan fingerprint density at radius 3 is 2.91 bits per heavy atom. The van der Waals surface area contributed by atoms with Crippen LogP contribution in [0.3, 0.4) is 0 Å². The van der Waals surface area contributed by atoms with E-state index in [4.69, 9.17) is 9.15 Å². The number of oxazole rings is 1. The fraction of sp³-hybridized carbons (Fsp3) is 0.750. The van der Waals surface area contributed by atoms with Gasteiger partial charge < -0.3 is 9.15 Å². The second-order valence-corrected chi connectivity index (χ2v) is 6.64. The number of likely N-dealkylation sites (tertiary alicyclic amines) is 1. The van der Waals surface area contributed by atoms with E-state index in [0.717, 1.165) is 37.6 Å². The third-order valence-electron chi connectivity index (χ3n) is 4.69. The molecule has 0 saturated carbocycles. The molecule has 2 fully saturated rings. The first-order valence-corrected chi connectivity index (χ1v) is 8.10. The predicted molar refractivity (Wildman–Crippen MR) is 81.4 cm³/mol. The Labute approximate surface area is 131 Å². The van der Waals surface area contributed by atoms with Gasteiger partial charge in [-0.25, -0.2) is 4.98 Å². The maximum absolute atomic E-state index is 11.7. The second-order valence-electron chi connectivity index (χ2n) is 6.64. The summed E-state index contributed by atoms with van der Waals surface area (Å²) in [5, 5.41) is 0. The van der Waals surface area contributed by atoms with Crippen molar-refractivity contribution in [3.63, 3.8) is 0 Å². The van der Waals surface area contributed by atoms with Gasteiger partial charge >= 0.3 is 5.97 Å². The summed E-state index contributed by atoms with van der Waals surface area (Å²) >= 11 is 0. The molecule has 3 heterocycles. The number of carbonyl (C=O) groups is 1. The van der Waals surface area contributed by atoms with Gasteiger partial charge in [-0.1, -0.05) is 13.8 Å². The minimum atomic E-state index is -0.0578. The molecule has 0 amide bonds. The van der Waals surface area contributed by atoms with E-state index >= 15 is 0 Å². The SMILES string of the molecule is CC(C)c1cnc(CN(C)[C@@H]2CCN([C@H]3CCOC3=O)C2)o1. The van der Waals surface area contributed by atoms with Crippen LogP contribution in [-0.4, -0.2) is 59.6 Å². The van der Waals surface area contributed by atoms with Crippen LogP contribution in [0.5, 0.6) is 0 Å². The molecular weight excluding hydrogens is 282 g/mol. The van der Waals surface area contributed by atoms with Crippen LogP contribution in [0.1, 0.15) is 44.3 Å². The van der Waals surface area contributed by atoms with Gasteiger partial charge in [-0.15, -0.1) is 0 Å². The molecule has 122 valence electrons. The van der Waals surface area contributed by atoms with Gasteiger partial charge in [-0.2, -0.15) is 0 Å². The van der Waals surface area contributed by atoms with Crippen molar-refractivity contribution in [2.45, 2.75) is 51.2 Å². The summed E-state index contributed by atoms with van der Waals surface area (Å²) in [6, 6.07) is 0.399. The fourth-order valence-electron chi connectivity index (χ4n) is 3.23. The lowest BCUT2D eigenvalue weighted by molar-refractivity contribution is -0.142. The zero-order valence-electron chi connectivity index (χ0n) is 13.6. The third-order valence-corrected chi connectivity index (χ3v) is 4.69. The van der Waals surface area contributed by atoms with Gasteiger partial charge in [0.1, 0.15) is 11.8 Å². The van der Waals surface area contributed by atoms with E-state index in [9.17, 15) is 4.79 Å². The highest BCUT2D eigenvalue weighted by atomic mass is 16.5. The first kappa shape index (κ1) is 15.5. The molecule has 1 aromatic heterocycles. The highest BCUT2D eigenvalue weighted by Crippen LogP contribution is 2.23. The molecule has 0 aromatic carbocycles. The number of ether oxygens (including phenoxy) is 1. The molecule has 22 heavy (non-hydrogen) atoms. The molecule has 2 atom stereocenters. The molecule has 2 aliphatic rings. The minimum Gasteiger partial charge on any atom is -0.464 e. The smallest absolute Gasteiger partial charge is 0.323 e. The summed E-state index contributed by atoms with van der Waals surface area (Å²) in [4.78, 5) is 20.6. The molecule has 0 spiro atoms. The summed E-state index contributed by atoms with van der Waals surface area (Å²) < 4.78 is 10.9. The van der Waals surface area contributed by atoms with E-state index in [1.54, 1.807) is 0 Å². The Bertz CT molecular complexity index is 528. The van der Waals surface area contributed by atoms with Gasteiger partial charge in [-0.05, 0) is 13.5 Å². The first-order chi connectivity index (χ1) is 10.5. The molecular formula is C16H25N3O3. The van der Waals surface area contributed by atoms with Crippen LogP contribution in [0.2, 0.25) is 0 Å². The Balaban J connectivity index is 1.54. The average Bonchev–Trinajstić information content (AvgIpc) is 3.17. The number of cyclic esters (lactones) is 1. The molecule has 6 heteroatoms. The van der Waals surface area contributed by atoms with Gasteiger partial charge in [0, 0.05) is 31.5 Å². The first-order valence-electron chi connectivity index (χ1n) is 8.10. The van der Waals surface area contributed by atoms with Gasteiger partial charge in [0.15, 0.2) is 0 Å². The van der Waals surface area contributed by atoms with Crippen LogP contribution in [0.4, 0.5) is 0 Å². The standard InChI is InChI=1S/C16H25N3O3/c1-11(2)14-8-17-15(22-14)10-18(3)12-4-6-19(9-12)13-5-7-21-16(13)20/h8,11-13H,4-7,9-10H2,1-3H3/t12-,13+/m1/s1. The lowest BCUT2D eigenvalue weighted by Gasteiger charge is -2.24. The lowest BCUT2D eigenvalue weighted by atomic mass is 10.2. The van der Waals surface area contributed by atoms with Gasteiger partial charge in [-0.3, -0.25) is 14.6 Å². The van der Waals surface area contributed by atoms with Gasteiger partial charge in [0.25, 0.3) is 0 Å². The minimum absolute atomic E-state index is 0.0346. The molecule has 0 aliphatic carbocycles. The highest BCUT2D eigenvalue weighted by Gasteiger charge is 2.37. The normalized spacial score (nSPS) is 26.3. The van der Waals surface area contributed by atoms with Gasteiger partial charge in [0.05, 0.1) is 19.3 Å². The number of likely N-dealkylation sites (N-methyl/N-ethyl adjacent to an activating group) is 1. The van der Waals surface area contributed by atoms with Gasteiger partial charge in [0.2, 0.25) is 5.89 Å². The lowest BCUT2D eigenvalue weighted by Crippen LogP contribution is -2.40. The van der Waals surface area contributed by atoms with Crippen LogP contribution < -0.4 is 0 Å². The monoisotopic (exact) mass is 307 g/mol. The van der Waals surface area contributed by atoms with Crippen molar-refractivity contribution in [1.82, 2.24) is 14.8 Å². The molecule has 0 N–H and O–H groups in total. The molecule has 1 aromatic rings. The average molecular weight is 307 g/mol. The van der Waals surface area contributed by atoms with E-state index in [1.165, 1.54) is 0 Å². The molecule has 3 rings (SSSR count). The van der Waals surface area contributed by atoms with Crippen LogP contribution in [-0.2, 0) is 16.1 Å². The Morgan fingerprint density at radius 2 is 2.27 bits per heavy atom. The van der Waals surface area contributed by atoms with Crippen molar-refractivity contribution >= 4 is 5.97 Å². The van der Waals surface area contributed by atoms with Crippen LogP contribution in [0, 0.1) is 0 Å². The Morgan fingerprint density at radius 1 is 1.45 bits per heavy atom. The van der Waals surface area contributed by atoms with Crippen LogP contribution in [0.15, 0.2) is 10.6 Å². The zero-order valence-corrected chi connectivity index (χ0v) is 13.6. The Kier molecular flexibility index (Phi) is 4.49. The molecule has 2 aliphatic heterocycles. The highest BCUT2D eigenvalue weighted by molar-refractivity contribution is 5.77. The second kappa shape index (κ2) is 6.38. The summed E-state index contributed by atoms with van der Waals surface area (Å²) in [6.45, 7) is 7.34. The van der Waals surface area contributed by atoms with Crippen molar-refractivity contribution in [2.24, 2.45) is 0 Å². The van der Waals surface area contributed by atoms with E-state index in [0.29, 0.717) is 25.1 Å². The van der Waals surface area contributed by atoms with Crippen LogP contribution >= 0.6 is 0 Å². The third kappa shape index (κ3) is 3.17. The van der Waals surface area contributed by atoms with E-state index in [2.05, 4.69) is 35.7 Å². The van der Waals surface area contributed by atoms with Crippen molar-refractivity contribution < 1.29 is 13.9 Å². The topological polar surface area (TPSA) is 58.8 Å². The number of aromatic nitrogens is 1. The summed E-state index contributed by atoms with van der Waals surface area (Å²) in [6.07, 6.45) is 3.72. The van der Waals surface area contributed by atoms with E-state index < -0.39 is 0 Å². The Hall–Kier alpha value is -1.40. The summed E-state index contributed by atoms with van der Waals surface area (Å²) in [7, 11) is 2.10. The molecule has 0 bridgehead atoms. The molecule has 6 nitrogen and oxygen atoms in total. The quantitative estimate of drug-likeness (QED) is 0.771. The summed E-state index contributed by atoms with van der Waals surface area (Å²) in [5.74, 6) is 2.01. The number of esters is 1. The number of hydrogen-bond donors (Lipinski definition) is 0. The summed E-state index contributed by atoms with van der Waals surface area (Å²) in [5.41, 5.74) is 0. The van der Waals surface area contributed by atoms with Crippen LogP contribution in [0.25, 0.3) is 0 Å². The number of rotatable bonds is 5. The van der Waals surface area contributed by atoms with Crippen molar-refractivity contribution in [2.75, 3.05) is 26.7 Å². The predicted octanol–water partition coefficient (Wildman–Crippen LogP) is 1.62. The van der Waals surface area contributed by atoms with Crippen molar-refractivity contribution in [3.05, 3.63) is 17.8 Å². The molecule has 0 unspecified atom stereocenters. The number of carbonyl (C=O) groups excluding carboxylic acids is 1. The number of hydrogen-bond acceptors (Lipinski definition) is 6. The maximum atomic E-state index is 11.7. The van der Waals surface area contributed by atoms with E-state index in [-0.39, 0.29) is 12.0 Å². The zero-order chi connectivity index (χ0) is 15.7. The van der Waals surface area contributed by atoms with E-state index in [1.807, 2.05) is 6.20 Å². The molecule has 0 radical (unpaired) electrons. The van der Waals surface area contributed by atoms with Crippen molar-refractivity contribution in [3.8, 4) is 0 Å². The van der Waals surface area contributed by atoms with Crippen molar-refractivity contribution in [1.29, 1.82) is 0 Å². The fourth-order valence-corrected chi connectivity index (χ4v) is 3.23. The largest absolute Gasteiger partial charge is 0.464 e.